The predicted octanol–water partition coefficient (Wildman–Crippen LogP) is 5.14. The molecule has 0 aromatic heterocycles. The number of morpholine rings is 1. The fourth-order valence-electron chi connectivity index (χ4n) is 7.57. The Morgan fingerprint density at radius 3 is 2.81 bits per heavy atom. The van der Waals surface area contributed by atoms with Crippen molar-refractivity contribution in [2.24, 2.45) is 23.2 Å². The van der Waals surface area contributed by atoms with Gasteiger partial charge in [-0.25, -0.2) is 8.78 Å². The molecule has 4 aliphatic rings. The van der Waals surface area contributed by atoms with E-state index < -0.39 is 11.3 Å². The van der Waals surface area contributed by atoms with E-state index >= 15 is 8.78 Å². The second-order valence-electron chi connectivity index (χ2n) is 10.7. The number of nitrogens with zero attached hydrogens (tertiary/aromatic N) is 1. The van der Waals surface area contributed by atoms with Gasteiger partial charge in [0.25, 0.3) is 5.92 Å². The normalized spacial score (nSPS) is 35.7. The molecule has 0 unspecified atom stereocenters. The lowest BCUT2D eigenvalue weighted by molar-refractivity contribution is -0.135. The van der Waals surface area contributed by atoms with Crippen molar-refractivity contribution in [3.05, 3.63) is 29.3 Å². The lowest BCUT2D eigenvalue weighted by Crippen LogP contribution is -2.47. The highest BCUT2D eigenvalue weighted by molar-refractivity contribution is 5.76. The van der Waals surface area contributed by atoms with Crippen molar-refractivity contribution in [2.75, 3.05) is 26.3 Å². The van der Waals surface area contributed by atoms with Gasteiger partial charge in [0.1, 0.15) is 5.75 Å². The van der Waals surface area contributed by atoms with Crippen LogP contribution in [0.5, 0.6) is 5.75 Å². The van der Waals surface area contributed by atoms with Gasteiger partial charge in [0.2, 0.25) is 5.91 Å². The Morgan fingerprint density at radius 1 is 1.25 bits per heavy atom. The molecule has 4 nitrogen and oxygen atoms in total. The molecule has 1 saturated heterocycles. The Balaban J connectivity index is 1.32. The molecule has 0 radical (unpaired) electrons. The highest BCUT2D eigenvalue weighted by Crippen LogP contribution is 2.68. The third-order valence-corrected chi connectivity index (χ3v) is 9.15. The molecule has 1 aromatic carbocycles. The van der Waals surface area contributed by atoms with Crippen LogP contribution in [0.15, 0.2) is 18.2 Å². The molecule has 176 valence electrons. The van der Waals surface area contributed by atoms with Crippen LogP contribution in [0.3, 0.4) is 0 Å². The zero-order valence-corrected chi connectivity index (χ0v) is 19.0. The van der Waals surface area contributed by atoms with Crippen LogP contribution in [0.25, 0.3) is 0 Å². The minimum atomic E-state index is -2.64. The molecule has 6 heteroatoms. The van der Waals surface area contributed by atoms with Crippen LogP contribution < -0.4 is 0 Å². The molecule has 1 amide bonds. The summed E-state index contributed by atoms with van der Waals surface area (Å²) in [7, 11) is 0. The minimum Gasteiger partial charge on any atom is -0.508 e. The summed E-state index contributed by atoms with van der Waals surface area (Å²) in [5.41, 5.74) is 1.51. The number of phenolic OH excluding ortho intramolecular Hbond substituents is 1. The first-order valence-electron chi connectivity index (χ1n) is 12.4. The SMILES string of the molecule is C[C@]12CC[C@@H]3c4ccc(O)cc4CC[C@H]3[C@@H]1[C@@H](CCCC(=O)N1CCOCC1)CC2(F)F. The summed E-state index contributed by atoms with van der Waals surface area (Å²) in [4.78, 5) is 14.4. The van der Waals surface area contributed by atoms with Crippen LogP contribution in [0.1, 0.15) is 68.9 Å². The van der Waals surface area contributed by atoms with Crippen LogP contribution in [-0.4, -0.2) is 48.1 Å². The lowest BCUT2D eigenvalue weighted by atomic mass is 9.53. The Labute approximate surface area is 189 Å². The van der Waals surface area contributed by atoms with E-state index in [-0.39, 0.29) is 35.8 Å². The fraction of sp³-hybridized carbons (Fsp3) is 0.731. The summed E-state index contributed by atoms with van der Waals surface area (Å²) in [5.74, 6) is -1.68. The van der Waals surface area contributed by atoms with Crippen LogP contribution in [0.2, 0.25) is 0 Å². The number of phenols is 1. The maximum Gasteiger partial charge on any atom is 0.253 e. The number of aryl methyl sites for hydroxylation is 1. The smallest absolute Gasteiger partial charge is 0.253 e. The third kappa shape index (κ3) is 3.63. The maximum atomic E-state index is 15.4. The van der Waals surface area contributed by atoms with E-state index in [4.69, 9.17) is 4.74 Å². The molecule has 2 saturated carbocycles. The first-order valence-corrected chi connectivity index (χ1v) is 12.4. The first kappa shape index (κ1) is 22.1. The van der Waals surface area contributed by atoms with Crippen LogP contribution >= 0.6 is 0 Å². The highest BCUT2D eigenvalue weighted by Gasteiger charge is 2.67. The van der Waals surface area contributed by atoms with Gasteiger partial charge < -0.3 is 14.7 Å². The van der Waals surface area contributed by atoms with E-state index in [2.05, 4.69) is 0 Å². The number of hydrogen-bond donors (Lipinski definition) is 1. The van der Waals surface area contributed by atoms with Gasteiger partial charge in [-0.2, -0.15) is 0 Å². The number of halogens is 2. The molecule has 3 aliphatic carbocycles. The fourth-order valence-corrected chi connectivity index (χ4v) is 7.57. The number of fused-ring (bicyclic) bond motifs is 5. The van der Waals surface area contributed by atoms with Gasteiger partial charge in [-0.15, -0.1) is 0 Å². The van der Waals surface area contributed by atoms with Crippen molar-refractivity contribution in [3.8, 4) is 5.75 Å². The molecular formula is C26H35F2NO3. The topological polar surface area (TPSA) is 49.8 Å². The van der Waals surface area contributed by atoms with Crippen molar-refractivity contribution >= 4 is 5.91 Å². The Kier molecular flexibility index (Phi) is 5.71. The average Bonchev–Trinajstić information content (AvgIpc) is 2.99. The standard InChI is InChI=1S/C26H35F2NO3/c1-25-10-9-21-20-8-6-19(30)15-17(20)5-7-22(21)24(25)18(16-26(25,27)28)3-2-4-23(31)29-11-13-32-14-12-29/h6,8,15,18,21-22,24,30H,2-5,7,9-14,16H2,1H3/t18-,21+,22+,24-,25-/m0/s1. The van der Waals surface area contributed by atoms with Gasteiger partial charge >= 0.3 is 0 Å². The molecule has 5 rings (SSSR count). The summed E-state index contributed by atoms with van der Waals surface area (Å²) in [6, 6.07) is 5.62. The molecule has 0 spiro atoms. The van der Waals surface area contributed by atoms with E-state index in [1.807, 2.05) is 24.0 Å². The van der Waals surface area contributed by atoms with Gasteiger partial charge in [-0.1, -0.05) is 13.0 Å². The summed E-state index contributed by atoms with van der Waals surface area (Å²) in [5, 5.41) is 9.89. The predicted molar refractivity (Wildman–Crippen MR) is 118 cm³/mol. The highest BCUT2D eigenvalue weighted by atomic mass is 19.3. The molecule has 1 N–H and O–H groups in total. The van der Waals surface area contributed by atoms with Crippen LogP contribution in [-0.2, 0) is 16.0 Å². The van der Waals surface area contributed by atoms with Crippen LogP contribution in [0, 0.1) is 23.2 Å². The van der Waals surface area contributed by atoms with Gasteiger partial charge in [-0.3, -0.25) is 4.79 Å². The maximum absolute atomic E-state index is 15.4. The lowest BCUT2D eigenvalue weighted by Gasteiger charge is -2.51. The number of aromatic hydroxyl groups is 1. The zero-order valence-electron chi connectivity index (χ0n) is 19.0. The van der Waals surface area contributed by atoms with Crippen molar-refractivity contribution in [3.63, 3.8) is 0 Å². The quantitative estimate of drug-likeness (QED) is 0.695. The van der Waals surface area contributed by atoms with E-state index in [0.29, 0.717) is 57.9 Å². The zero-order chi connectivity index (χ0) is 22.5. The number of amides is 1. The second kappa shape index (κ2) is 8.27. The number of carbonyl (C=O) groups is 1. The van der Waals surface area contributed by atoms with Gasteiger partial charge in [-0.05, 0) is 85.5 Å². The Hall–Kier alpha value is -1.69. The number of hydrogen-bond acceptors (Lipinski definition) is 3. The largest absolute Gasteiger partial charge is 0.508 e. The molecule has 0 bridgehead atoms. The first-order chi connectivity index (χ1) is 15.3. The molecule has 5 atom stereocenters. The summed E-state index contributed by atoms with van der Waals surface area (Å²) in [6.07, 6.45) is 4.92. The second-order valence-corrected chi connectivity index (χ2v) is 10.7. The van der Waals surface area contributed by atoms with Crippen molar-refractivity contribution in [2.45, 2.75) is 70.1 Å². The Bertz CT molecular complexity index is 869. The number of ether oxygens (including phenoxy) is 1. The van der Waals surface area contributed by atoms with Crippen LogP contribution in [0.4, 0.5) is 8.78 Å². The van der Waals surface area contributed by atoms with Gasteiger partial charge in [0.15, 0.2) is 0 Å². The number of rotatable bonds is 4. The average molecular weight is 448 g/mol. The molecule has 1 aliphatic heterocycles. The number of alkyl halides is 2. The van der Waals surface area contributed by atoms with E-state index in [9.17, 15) is 9.90 Å². The molecule has 32 heavy (non-hydrogen) atoms. The summed E-state index contributed by atoms with van der Waals surface area (Å²) in [6.45, 7) is 4.28. The molecule has 1 aromatic rings. The summed E-state index contributed by atoms with van der Waals surface area (Å²) < 4.78 is 36.1. The van der Waals surface area contributed by atoms with E-state index in [1.165, 1.54) is 11.1 Å². The number of benzene rings is 1. The summed E-state index contributed by atoms with van der Waals surface area (Å²) >= 11 is 0. The van der Waals surface area contributed by atoms with E-state index in [0.717, 1.165) is 19.3 Å². The third-order valence-electron chi connectivity index (χ3n) is 9.15. The number of carbonyl (C=O) groups excluding carboxylic acids is 1. The molecular weight excluding hydrogens is 412 g/mol. The van der Waals surface area contributed by atoms with Gasteiger partial charge in [0, 0.05) is 31.3 Å². The monoisotopic (exact) mass is 447 g/mol. The molecule has 3 fully saturated rings. The minimum absolute atomic E-state index is 0.00306. The van der Waals surface area contributed by atoms with Crippen molar-refractivity contribution in [1.29, 1.82) is 0 Å². The Morgan fingerprint density at radius 2 is 2.03 bits per heavy atom. The van der Waals surface area contributed by atoms with E-state index in [1.54, 1.807) is 6.07 Å². The van der Waals surface area contributed by atoms with Crippen molar-refractivity contribution in [1.82, 2.24) is 4.90 Å². The molecule has 1 heterocycles. The van der Waals surface area contributed by atoms with Gasteiger partial charge in [0.05, 0.1) is 13.2 Å². The van der Waals surface area contributed by atoms with Crippen molar-refractivity contribution < 1.29 is 23.4 Å².